The van der Waals surface area contributed by atoms with Crippen LogP contribution >= 0.6 is 10.3 Å². The van der Waals surface area contributed by atoms with Crippen LogP contribution in [0.3, 0.4) is 0 Å². The summed E-state index contributed by atoms with van der Waals surface area (Å²) in [6, 6.07) is 44.8. The Morgan fingerprint density at radius 1 is 0.554 bits per heavy atom. The zero-order chi connectivity index (χ0) is 46.4. The van der Waals surface area contributed by atoms with Crippen molar-refractivity contribution < 1.29 is 50.1 Å². The first-order valence-corrected chi connectivity index (χ1v) is 23.9. The second kappa shape index (κ2) is 19.4. The highest BCUT2D eigenvalue weighted by Gasteiger charge is 2.41. The van der Waals surface area contributed by atoms with E-state index in [1.54, 1.807) is 102 Å². The fraction of sp³-hybridized carbons (Fsp3) is 0.231. The molecule has 0 aliphatic carbocycles. The van der Waals surface area contributed by atoms with Gasteiger partial charge in [0.05, 0.1) is 16.4 Å². The van der Waals surface area contributed by atoms with E-state index in [4.69, 9.17) is 32.1 Å². The molecule has 0 saturated heterocycles. The van der Waals surface area contributed by atoms with Crippen molar-refractivity contribution in [2.24, 2.45) is 0 Å². The molecule has 0 heterocycles. The van der Waals surface area contributed by atoms with Crippen LogP contribution in [0.25, 0.3) is 21.5 Å². The Bertz CT molecular complexity index is 2830. The van der Waals surface area contributed by atoms with E-state index in [1.165, 1.54) is 47.2 Å². The van der Waals surface area contributed by atoms with Crippen LogP contribution in [-0.2, 0) is 34.4 Å². The molecular weight excluding hydrogens is 865 g/mol. The predicted octanol–water partition coefficient (Wildman–Crippen LogP) is 13.1. The maximum Gasteiger partial charge on any atom is 0.514 e. The van der Waals surface area contributed by atoms with Crippen molar-refractivity contribution in [1.29, 1.82) is 0 Å². The van der Waals surface area contributed by atoms with Gasteiger partial charge in [0.1, 0.15) is 28.5 Å². The lowest BCUT2D eigenvalue weighted by molar-refractivity contribution is 0.0152. The third-order valence-electron chi connectivity index (χ3n) is 9.82. The predicted molar refractivity (Wildman–Crippen MR) is 251 cm³/mol. The molecule has 7 rings (SSSR count). The second-order valence-corrected chi connectivity index (χ2v) is 21.6. The summed E-state index contributed by atoms with van der Waals surface area (Å²) < 4.78 is 70.3. The largest absolute Gasteiger partial charge is 0.514 e. The SMILES string of the molecule is Cc1ccc(S(=O)(=O)OS(c2ccc(OC(=O)OC(C)(C)C)cc2)(c2ccc(OC(=O)OC(C)(C)C)cc2)c2ccccc2OCOCCc2cc3ccccc3c3ccccc23)cc1. The monoisotopic (exact) mass is 916 g/mol. The van der Waals surface area contributed by atoms with E-state index < -0.39 is 43.9 Å². The Balaban J connectivity index is 1.27. The van der Waals surface area contributed by atoms with E-state index in [9.17, 15) is 18.0 Å². The van der Waals surface area contributed by atoms with Gasteiger partial charge in [0, 0.05) is 9.79 Å². The minimum atomic E-state index is -4.55. The standard InChI is InChI=1S/C52H52O11S2/c1-36-20-26-43(27-21-36)65(55,56)63-64(41-28-22-39(23-29-41)59-49(53)61-51(2,3)4,42-30-24-40(25-31-42)60-50(54)62-52(5,6)7)48-19-13-12-18-47(48)58-35-57-33-32-38-34-37-14-8-9-15-44(37)46-17-11-10-16-45(38)46/h8-31,34H,32-33,35H2,1-7H3. The van der Waals surface area contributed by atoms with E-state index in [0.717, 1.165) is 21.9 Å². The summed E-state index contributed by atoms with van der Waals surface area (Å²) in [6.07, 6.45) is -1.20. The topological polar surface area (TPSA) is 133 Å². The van der Waals surface area contributed by atoms with Gasteiger partial charge in [0.2, 0.25) is 0 Å². The molecule has 0 aliphatic rings. The van der Waals surface area contributed by atoms with Gasteiger partial charge in [-0.3, -0.25) is 0 Å². The molecule has 7 aromatic rings. The van der Waals surface area contributed by atoms with E-state index in [2.05, 4.69) is 30.3 Å². The van der Waals surface area contributed by atoms with E-state index >= 15 is 0 Å². The zero-order valence-electron chi connectivity index (χ0n) is 37.4. The van der Waals surface area contributed by atoms with Crippen molar-refractivity contribution in [3.05, 3.63) is 163 Å². The number of hydrogen-bond acceptors (Lipinski definition) is 11. The molecule has 13 heteroatoms. The van der Waals surface area contributed by atoms with Crippen LogP contribution in [-0.4, -0.2) is 45.3 Å². The molecule has 11 nitrogen and oxygen atoms in total. The van der Waals surface area contributed by atoms with E-state index in [1.807, 2.05) is 31.2 Å². The summed E-state index contributed by atoms with van der Waals surface area (Å²) >= 11 is 0. The number of fused-ring (bicyclic) bond motifs is 3. The number of benzene rings is 7. The highest BCUT2D eigenvalue weighted by molar-refractivity contribution is 8.33. The third kappa shape index (κ3) is 11.5. The van der Waals surface area contributed by atoms with Gasteiger partial charge < -0.3 is 28.4 Å². The van der Waals surface area contributed by atoms with Crippen LogP contribution in [0.5, 0.6) is 17.2 Å². The molecule has 0 aromatic heterocycles. The smallest absolute Gasteiger partial charge is 0.466 e. The number of ether oxygens (including phenoxy) is 6. The fourth-order valence-corrected chi connectivity index (χ4v) is 12.3. The summed E-state index contributed by atoms with van der Waals surface area (Å²) in [5.74, 6) is 0.591. The molecular formula is C52H52O11S2. The molecule has 0 fully saturated rings. The summed E-state index contributed by atoms with van der Waals surface area (Å²) in [6.45, 7) is 12.4. The third-order valence-corrected chi connectivity index (χ3v) is 15.0. The Hall–Kier alpha value is -6.38. The van der Waals surface area contributed by atoms with Crippen LogP contribution in [0.2, 0.25) is 0 Å². The van der Waals surface area contributed by atoms with Crippen molar-refractivity contribution in [2.45, 2.75) is 85.7 Å². The van der Waals surface area contributed by atoms with Crippen LogP contribution in [0, 0.1) is 6.92 Å². The fourth-order valence-electron chi connectivity index (χ4n) is 7.01. The minimum absolute atomic E-state index is 0.0716. The molecule has 65 heavy (non-hydrogen) atoms. The summed E-state index contributed by atoms with van der Waals surface area (Å²) in [5, 5.41) is 4.63. The molecule has 0 amide bonds. The molecule has 0 saturated carbocycles. The minimum Gasteiger partial charge on any atom is -0.466 e. The van der Waals surface area contributed by atoms with Crippen molar-refractivity contribution >= 4 is 54.3 Å². The van der Waals surface area contributed by atoms with Crippen molar-refractivity contribution in [3.8, 4) is 17.2 Å². The van der Waals surface area contributed by atoms with Gasteiger partial charge in [0.25, 0.3) is 0 Å². The number of rotatable bonds is 14. The number of para-hydroxylation sites is 1. The number of aryl methyl sites for hydroxylation is 1. The Labute approximate surface area is 381 Å². The first-order valence-electron chi connectivity index (χ1n) is 21.0. The van der Waals surface area contributed by atoms with Gasteiger partial charge in [-0.15, -0.1) is 0 Å². The maximum atomic E-state index is 14.7. The number of carbonyl (C=O) groups is 2. The molecule has 0 atom stereocenters. The average Bonchev–Trinajstić information content (AvgIpc) is 3.25. The molecule has 0 N–H and O–H groups in total. The van der Waals surface area contributed by atoms with Gasteiger partial charge in [-0.1, -0.05) is 84.4 Å². The van der Waals surface area contributed by atoms with Gasteiger partial charge in [-0.2, -0.15) is 8.42 Å². The average molecular weight is 917 g/mol. The first-order chi connectivity index (χ1) is 30.9. The molecule has 338 valence electrons. The second-order valence-electron chi connectivity index (χ2n) is 17.1. The lowest BCUT2D eigenvalue weighted by Crippen LogP contribution is -2.26. The molecule has 0 radical (unpaired) electrons. The lowest BCUT2D eigenvalue weighted by atomic mass is 9.96. The molecule has 0 unspecified atom stereocenters. The summed E-state index contributed by atoms with van der Waals surface area (Å²) in [4.78, 5) is 26.4. The van der Waals surface area contributed by atoms with Crippen LogP contribution in [0.1, 0.15) is 52.7 Å². The van der Waals surface area contributed by atoms with E-state index in [-0.39, 0.29) is 23.2 Å². The van der Waals surface area contributed by atoms with Crippen LogP contribution in [0.4, 0.5) is 9.59 Å². The normalized spacial score (nSPS) is 12.4. The Kier molecular flexibility index (Phi) is 13.9. The van der Waals surface area contributed by atoms with Crippen LogP contribution < -0.4 is 14.2 Å². The Morgan fingerprint density at radius 2 is 1.05 bits per heavy atom. The van der Waals surface area contributed by atoms with Crippen molar-refractivity contribution in [2.75, 3.05) is 13.4 Å². The van der Waals surface area contributed by atoms with Gasteiger partial charge in [-0.25, -0.2) is 13.2 Å². The van der Waals surface area contributed by atoms with Crippen LogP contribution in [0.15, 0.2) is 171 Å². The lowest BCUT2D eigenvalue weighted by Gasteiger charge is -2.40. The zero-order valence-corrected chi connectivity index (χ0v) is 39.0. The Morgan fingerprint density at radius 3 is 1.62 bits per heavy atom. The van der Waals surface area contributed by atoms with Gasteiger partial charge in [-0.05, 0) is 165 Å². The summed E-state index contributed by atoms with van der Waals surface area (Å²) in [5.41, 5.74) is 0.394. The maximum absolute atomic E-state index is 14.7. The quantitative estimate of drug-likeness (QED) is 0.0339. The molecule has 0 aliphatic heterocycles. The highest BCUT2D eigenvalue weighted by Crippen LogP contribution is 2.72. The first kappa shape index (κ1) is 46.6. The number of carbonyl (C=O) groups excluding carboxylic acids is 2. The number of hydrogen-bond donors (Lipinski definition) is 0. The van der Waals surface area contributed by atoms with Crippen molar-refractivity contribution in [1.82, 2.24) is 0 Å². The van der Waals surface area contributed by atoms with Crippen molar-refractivity contribution in [3.63, 3.8) is 0 Å². The highest BCUT2D eigenvalue weighted by atomic mass is 32.3. The summed E-state index contributed by atoms with van der Waals surface area (Å²) in [7, 11) is -7.92. The van der Waals surface area contributed by atoms with E-state index in [0.29, 0.717) is 33.5 Å². The molecule has 7 aromatic carbocycles. The van der Waals surface area contributed by atoms with Gasteiger partial charge >= 0.3 is 22.4 Å². The molecule has 0 spiro atoms. The molecule has 0 bridgehead atoms. The van der Waals surface area contributed by atoms with Gasteiger partial charge in [0.15, 0.2) is 6.79 Å².